The van der Waals surface area contributed by atoms with Crippen molar-refractivity contribution in [1.29, 1.82) is 0 Å². The maximum Gasteiger partial charge on any atom is 0.408 e. The van der Waals surface area contributed by atoms with E-state index in [0.29, 0.717) is 17.7 Å². The molecule has 5 heteroatoms. The molecule has 0 heterocycles. The van der Waals surface area contributed by atoms with Gasteiger partial charge in [0.15, 0.2) is 0 Å². The summed E-state index contributed by atoms with van der Waals surface area (Å²) in [5.74, 6) is 0. The average molecular weight is 318 g/mol. The van der Waals surface area contributed by atoms with E-state index in [1.54, 1.807) is 6.07 Å². The number of nitrogens with one attached hydrogen (secondary N) is 1. The Kier molecular flexibility index (Phi) is 5.98. The topological polar surface area (TPSA) is 55.4 Å². The average Bonchev–Trinajstić information content (AvgIpc) is 2.55. The van der Waals surface area contributed by atoms with Gasteiger partial charge in [-0.3, -0.25) is 0 Å². The van der Waals surface area contributed by atoms with Crippen molar-refractivity contribution in [3.63, 3.8) is 0 Å². The highest BCUT2D eigenvalue weighted by Crippen LogP contribution is 2.16. The number of carbonyl (C=O) groups excluding carboxylic acids is 2. The molecule has 0 spiro atoms. The summed E-state index contributed by atoms with van der Waals surface area (Å²) in [5, 5.41) is 3.09. The molecule has 0 saturated carbocycles. The van der Waals surface area contributed by atoms with Crippen LogP contribution in [0.5, 0.6) is 0 Å². The lowest BCUT2D eigenvalue weighted by molar-refractivity contribution is -0.109. The third-order valence-electron chi connectivity index (χ3n) is 3.08. The number of aldehydes is 1. The number of carbonyl (C=O) groups is 2. The van der Waals surface area contributed by atoms with Crippen molar-refractivity contribution < 1.29 is 14.3 Å². The summed E-state index contributed by atoms with van der Waals surface area (Å²) in [7, 11) is 0. The van der Waals surface area contributed by atoms with Gasteiger partial charge in [0.05, 0.1) is 6.04 Å². The van der Waals surface area contributed by atoms with Crippen LogP contribution in [-0.2, 0) is 22.6 Å². The number of alkyl carbamates (subject to hydrolysis) is 1. The van der Waals surface area contributed by atoms with Gasteiger partial charge in [0.1, 0.15) is 12.9 Å². The van der Waals surface area contributed by atoms with Gasteiger partial charge in [0, 0.05) is 11.4 Å². The lowest BCUT2D eigenvalue weighted by Crippen LogP contribution is -2.38. The highest BCUT2D eigenvalue weighted by Gasteiger charge is 2.14. The second-order valence-electron chi connectivity index (χ2n) is 4.74. The van der Waals surface area contributed by atoms with E-state index in [1.165, 1.54) is 0 Å². The number of benzene rings is 2. The maximum atomic E-state index is 11.7. The van der Waals surface area contributed by atoms with Gasteiger partial charge in [0.25, 0.3) is 0 Å². The second-order valence-corrected chi connectivity index (χ2v) is 5.15. The molecule has 0 aliphatic rings. The molecule has 114 valence electrons. The molecule has 0 aliphatic heterocycles. The largest absolute Gasteiger partial charge is 0.445 e. The summed E-state index contributed by atoms with van der Waals surface area (Å²) in [6.45, 7) is 0.157. The van der Waals surface area contributed by atoms with Gasteiger partial charge in [-0.05, 0) is 17.2 Å². The van der Waals surface area contributed by atoms with Crippen molar-refractivity contribution in [3.8, 4) is 0 Å². The highest BCUT2D eigenvalue weighted by molar-refractivity contribution is 6.31. The molecule has 0 aromatic heterocycles. The molecular weight excluding hydrogens is 302 g/mol. The number of hydrogen-bond acceptors (Lipinski definition) is 3. The zero-order chi connectivity index (χ0) is 15.8. The van der Waals surface area contributed by atoms with Crippen molar-refractivity contribution in [3.05, 3.63) is 70.7 Å². The zero-order valence-corrected chi connectivity index (χ0v) is 12.6. The highest BCUT2D eigenvalue weighted by atomic mass is 35.5. The third kappa shape index (κ3) is 4.90. The molecule has 0 fully saturated rings. The van der Waals surface area contributed by atoms with Crippen LogP contribution >= 0.6 is 11.6 Å². The summed E-state index contributed by atoms with van der Waals surface area (Å²) >= 11 is 6.04. The third-order valence-corrected chi connectivity index (χ3v) is 3.45. The van der Waals surface area contributed by atoms with E-state index >= 15 is 0 Å². The van der Waals surface area contributed by atoms with Crippen LogP contribution in [0.2, 0.25) is 5.02 Å². The fourth-order valence-corrected chi connectivity index (χ4v) is 2.16. The molecule has 0 aliphatic carbocycles. The monoisotopic (exact) mass is 317 g/mol. The van der Waals surface area contributed by atoms with E-state index in [4.69, 9.17) is 16.3 Å². The fraction of sp³-hybridized carbons (Fsp3) is 0.176. The molecule has 1 N–H and O–H groups in total. The minimum atomic E-state index is -0.678. The van der Waals surface area contributed by atoms with Crippen LogP contribution in [0, 0.1) is 0 Å². The minimum Gasteiger partial charge on any atom is -0.445 e. The zero-order valence-electron chi connectivity index (χ0n) is 11.9. The van der Waals surface area contributed by atoms with Gasteiger partial charge < -0.3 is 14.8 Å². The predicted octanol–water partition coefficient (Wildman–Crippen LogP) is 3.38. The van der Waals surface area contributed by atoms with Crippen molar-refractivity contribution in [2.24, 2.45) is 0 Å². The Morgan fingerprint density at radius 1 is 1.14 bits per heavy atom. The molecule has 22 heavy (non-hydrogen) atoms. The lowest BCUT2D eigenvalue weighted by atomic mass is 10.1. The van der Waals surface area contributed by atoms with Crippen molar-refractivity contribution in [2.45, 2.75) is 19.1 Å². The first-order chi connectivity index (χ1) is 10.7. The molecular formula is C17H16ClNO3. The number of ether oxygens (including phenoxy) is 1. The first kappa shape index (κ1) is 16.0. The number of halogens is 1. The molecule has 0 bridgehead atoms. The minimum absolute atomic E-state index is 0.157. The molecule has 1 amide bonds. The molecule has 0 radical (unpaired) electrons. The van der Waals surface area contributed by atoms with Gasteiger partial charge in [-0.15, -0.1) is 0 Å². The first-order valence-electron chi connectivity index (χ1n) is 6.85. The fourth-order valence-electron chi connectivity index (χ4n) is 1.95. The maximum absolute atomic E-state index is 11.7. The standard InChI is InChI=1S/C17H16ClNO3/c18-16-9-5-4-8-14(16)10-15(11-20)19-17(21)22-12-13-6-2-1-3-7-13/h1-9,11,15H,10,12H2,(H,19,21)/t15-/m1/s1. The van der Waals surface area contributed by atoms with Crippen molar-refractivity contribution in [2.75, 3.05) is 0 Å². The molecule has 2 rings (SSSR count). The Morgan fingerprint density at radius 2 is 1.82 bits per heavy atom. The molecule has 0 unspecified atom stereocenters. The van der Waals surface area contributed by atoms with E-state index < -0.39 is 12.1 Å². The second kappa shape index (κ2) is 8.20. The Labute approximate surface area is 134 Å². The molecule has 1 atom stereocenters. The number of rotatable bonds is 6. The van der Waals surface area contributed by atoms with Gasteiger partial charge in [-0.25, -0.2) is 4.79 Å². The van der Waals surface area contributed by atoms with Crippen LogP contribution in [0.15, 0.2) is 54.6 Å². The van der Waals surface area contributed by atoms with Crippen LogP contribution in [0.3, 0.4) is 0 Å². The van der Waals surface area contributed by atoms with Crippen LogP contribution in [0.1, 0.15) is 11.1 Å². The molecule has 2 aromatic rings. The Morgan fingerprint density at radius 3 is 2.50 bits per heavy atom. The van der Waals surface area contributed by atoms with E-state index in [0.717, 1.165) is 11.1 Å². The van der Waals surface area contributed by atoms with Gasteiger partial charge >= 0.3 is 6.09 Å². The van der Waals surface area contributed by atoms with Gasteiger partial charge in [0.2, 0.25) is 0 Å². The Bertz CT molecular complexity index is 631. The molecule has 4 nitrogen and oxygen atoms in total. The molecule has 0 saturated heterocycles. The SMILES string of the molecule is O=C[C@@H](Cc1ccccc1Cl)NC(=O)OCc1ccccc1. The predicted molar refractivity (Wildman–Crippen MR) is 84.8 cm³/mol. The smallest absolute Gasteiger partial charge is 0.408 e. The summed E-state index contributed by atoms with van der Waals surface area (Å²) < 4.78 is 5.09. The summed E-state index contributed by atoms with van der Waals surface area (Å²) in [6.07, 6.45) is 0.365. The quantitative estimate of drug-likeness (QED) is 0.831. The van der Waals surface area contributed by atoms with Crippen molar-refractivity contribution in [1.82, 2.24) is 5.32 Å². The van der Waals surface area contributed by atoms with E-state index in [2.05, 4.69) is 5.32 Å². The Hall–Kier alpha value is -2.33. The van der Waals surface area contributed by atoms with E-state index in [1.807, 2.05) is 48.5 Å². The van der Waals surface area contributed by atoms with E-state index in [-0.39, 0.29) is 6.61 Å². The summed E-state index contributed by atoms with van der Waals surface area (Å²) in [4.78, 5) is 22.9. The van der Waals surface area contributed by atoms with Gasteiger partial charge in [-0.1, -0.05) is 60.1 Å². The number of amides is 1. The van der Waals surface area contributed by atoms with Crippen LogP contribution in [0.4, 0.5) is 4.79 Å². The normalized spacial score (nSPS) is 11.5. The Balaban J connectivity index is 1.86. The van der Waals surface area contributed by atoms with Crippen LogP contribution < -0.4 is 5.32 Å². The summed E-state index contributed by atoms with van der Waals surface area (Å²) in [5.41, 5.74) is 1.68. The molecule has 2 aromatic carbocycles. The first-order valence-corrected chi connectivity index (χ1v) is 7.22. The summed E-state index contributed by atoms with van der Waals surface area (Å²) in [6, 6.07) is 15.8. The lowest BCUT2D eigenvalue weighted by Gasteiger charge is -2.14. The van der Waals surface area contributed by atoms with E-state index in [9.17, 15) is 9.59 Å². The van der Waals surface area contributed by atoms with Crippen molar-refractivity contribution >= 4 is 24.0 Å². The van der Waals surface area contributed by atoms with Gasteiger partial charge in [-0.2, -0.15) is 0 Å². The number of hydrogen-bond donors (Lipinski definition) is 1. The van der Waals surface area contributed by atoms with Crippen LogP contribution in [0.25, 0.3) is 0 Å². The van der Waals surface area contributed by atoms with Crippen LogP contribution in [-0.4, -0.2) is 18.4 Å².